The molecule has 0 spiro atoms. The van der Waals surface area contributed by atoms with Crippen molar-refractivity contribution in [3.63, 3.8) is 0 Å². The summed E-state index contributed by atoms with van der Waals surface area (Å²) in [5.41, 5.74) is 1.77. The maximum Gasteiger partial charge on any atom is 0.106 e. The van der Waals surface area contributed by atoms with Gasteiger partial charge in [0.15, 0.2) is 0 Å². The maximum atomic E-state index is 5.09. The summed E-state index contributed by atoms with van der Waals surface area (Å²) in [6.45, 7) is 8.15. The summed E-state index contributed by atoms with van der Waals surface area (Å²) >= 11 is 4.13. The van der Waals surface area contributed by atoms with E-state index in [0.717, 1.165) is 13.0 Å². The Morgan fingerprint density at radius 2 is 2.19 bits per heavy atom. The number of rotatable bonds is 4. The molecule has 1 aliphatic heterocycles. The van der Waals surface area contributed by atoms with Crippen LogP contribution < -0.4 is 5.32 Å². The van der Waals surface area contributed by atoms with Crippen LogP contribution in [0.3, 0.4) is 0 Å². The van der Waals surface area contributed by atoms with Gasteiger partial charge in [0.2, 0.25) is 0 Å². The van der Waals surface area contributed by atoms with Gasteiger partial charge in [-0.15, -0.1) is 11.3 Å². The zero-order chi connectivity index (χ0) is 14.9. The van der Waals surface area contributed by atoms with Gasteiger partial charge >= 0.3 is 0 Å². The third-order valence-corrected chi connectivity index (χ3v) is 7.42. The number of hydrogen-bond acceptors (Lipinski definition) is 4. The van der Waals surface area contributed by atoms with Crippen molar-refractivity contribution >= 4 is 23.1 Å². The topological polar surface area (TPSA) is 24.9 Å². The van der Waals surface area contributed by atoms with Gasteiger partial charge in [0.1, 0.15) is 5.01 Å². The van der Waals surface area contributed by atoms with E-state index in [1.165, 1.54) is 48.6 Å². The predicted octanol–water partition coefficient (Wildman–Crippen LogP) is 5.11. The molecule has 0 radical (unpaired) electrons. The van der Waals surface area contributed by atoms with Crippen LogP contribution in [0.25, 0.3) is 0 Å². The zero-order valence-electron chi connectivity index (χ0n) is 13.6. The molecule has 0 amide bonds. The van der Waals surface area contributed by atoms with Gasteiger partial charge in [-0.1, -0.05) is 27.2 Å². The lowest BCUT2D eigenvalue weighted by Gasteiger charge is -2.34. The van der Waals surface area contributed by atoms with E-state index in [9.17, 15) is 0 Å². The predicted molar refractivity (Wildman–Crippen MR) is 94.3 cm³/mol. The lowest BCUT2D eigenvalue weighted by molar-refractivity contribution is 0.258. The first kappa shape index (κ1) is 15.8. The van der Waals surface area contributed by atoms with E-state index in [1.54, 1.807) is 4.88 Å². The molecule has 2 nitrogen and oxygen atoms in total. The van der Waals surface area contributed by atoms with Crippen LogP contribution in [0.4, 0.5) is 0 Å². The highest BCUT2D eigenvalue weighted by atomic mass is 32.2. The lowest BCUT2D eigenvalue weighted by Crippen LogP contribution is -2.33. The molecule has 0 aromatic carbocycles. The van der Waals surface area contributed by atoms with Crippen LogP contribution in [0.1, 0.15) is 79.7 Å². The van der Waals surface area contributed by atoms with Crippen LogP contribution in [-0.2, 0) is 6.42 Å². The van der Waals surface area contributed by atoms with Crippen molar-refractivity contribution in [1.29, 1.82) is 0 Å². The molecule has 1 aromatic rings. The Kier molecular flexibility index (Phi) is 4.97. The molecule has 3 rings (SSSR count). The highest BCUT2D eigenvalue weighted by Gasteiger charge is 2.35. The number of hydrogen-bond donors (Lipinski definition) is 1. The third-order valence-electron chi connectivity index (χ3n) is 4.56. The Morgan fingerprint density at radius 3 is 2.90 bits per heavy atom. The Hall–Kier alpha value is -0.0600. The summed E-state index contributed by atoms with van der Waals surface area (Å²) in [4.78, 5) is 6.63. The van der Waals surface area contributed by atoms with E-state index in [0.29, 0.717) is 16.7 Å². The van der Waals surface area contributed by atoms with Gasteiger partial charge in [-0.2, -0.15) is 11.8 Å². The van der Waals surface area contributed by atoms with Crippen molar-refractivity contribution in [3.05, 3.63) is 15.6 Å². The average molecular weight is 325 g/mol. The van der Waals surface area contributed by atoms with Crippen molar-refractivity contribution < 1.29 is 0 Å². The van der Waals surface area contributed by atoms with Crippen molar-refractivity contribution in [3.8, 4) is 0 Å². The van der Waals surface area contributed by atoms with Gasteiger partial charge in [0.25, 0.3) is 0 Å². The molecule has 4 heteroatoms. The number of nitrogens with zero attached hydrogens (tertiary/aromatic N) is 1. The van der Waals surface area contributed by atoms with E-state index in [-0.39, 0.29) is 0 Å². The molecular weight excluding hydrogens is 296 g/mol. The molecule has 2 aliphatic rings. The van der Waals surface area contributed by atoms with Gasteiger partial charge in [-0.05, 0) is 49.8 Å². The Balaban J connectivity index is 1.83. The molecular formula is C17H28N2S2. The summed E-state index contributed by atoms with van der Waals surface area (Å²) in [5, 5.41) is 5.84. The SMILES string of the molecule is CCCNC1CC(C)(C)Cc2nc(C3CCCCS3)sc21. The first-order chi connectivity index (χ1) is 10.1. The monoisotopic (exact) mass is 324 g/mol. The van der Waals surface area contributed by atoms with Crippen LogP contribution in [0, 0.1) is 5.41 Å². The van der Waals surface area contributed by atoms with E-state index in [1.807, 2.05) is 11.3 Å². The molecule has 1 saturated heterocycles. The summed E-state index contributed by atoms with van der Waals surface area (Å²) in [7, 11) is 0. The van der Waals surface area contributed by atoms with Crippen LogP contribution in [0.15, 0.2) is 0 Å². The highest BCUT2D eigenvalue weighted by Crippen LogP contribution is 2.47. The molecule has 118 valence electrons. The largest absolute Gasteiger partial charge is 0.309 e. The average Bonchev–Trinajstić information content (AvgIpc) is 2.88. The number of nitrogens with one attached hydrogen (secondary N) is 1. The minimum absolute atomic E-state index is 0.378. The third kappa shape index (κ3) is 3.65. The number of thiazole rings is 1. The molecule has 0 bridgehead atoms. The highest BCUT2D eigenvalue weighted by molar-refractivity contribution is 7.99. The van der Waals surface area contributed by atoms with Crippen molar-refractivity contribution in [1.82, 2.24) is 10.3 Å². The molecule has 2 atom stereocenters. The van der Waals surface area contributed by atoms with Crippen molar-refractivity contribution in [2.45, 2.75) is 70.6 Å². The number of fused-ring (bicyclic) bond motifs is 1. The lowest BCUT2D eigenvalue weighted by atomic mass is 9.76. The van der Waals surface area contributed by atoms with Crippen LogP contribution >= 0.6 is 23.1 Å². The van der Waals surface area contributed by atoms with Crippen LogP contribution in [0.2, 0.25) is 0 Å². The molecule has 21 heavy (non-hydrogen) atoms. The second kappa shape index (κ2) is 6.59. The van der Waals surface area contributed by atoms with Gasteiger partial charge in [-0.25, -0.2) is 4.98 Å². The van der Waals surface area contributed by atoms with E-state index in [4.69, 9.17) is 4.98 Å². The molecule has 1 aliphatic carbocycles. The fraction of sp³-hybridized carbons (Fsp3) is 0.824. The van der Waals surface area contributed by atoms with E-state index >= 15 is 0 Å². The number of thioether (sulfide) groups is 1. The van der Waals surface area contributed by atoms with Gasteiger partial charge < -0.3 is 5.32 Å². The fourth-order valence-electron chi connectivity index (χ4n) is 3.51. The summed E-state index contributed by atoms with van der Waals surface area (Å²) in [6.07, 6.45) is 7.70. The van der Waals surface area contributed by atoms with Gasteiger partial charge in [0, 0.05) is 10.9 Å². The standard InChI is InChI=1S/C17H28N2S2/c1-4-8-18-12-10-17(2,3)11-13-15(12)21-16(19-13)14-7-5-6-9-20-14/h12,14,18H,4-11H2,1-3H3. The molecule has 2 heterocycles. The Morgan fingerprint density at radius 1 is 1.33 bits per heavy atom. The first-order valence-electron chi connectivity index (χ1n) is 8.43. The summed E-state index contributed by atoms with van der Waals surface area (Å²) in [6, 6.07) is 0.531. The first-order valence-corrected chi connectivity index (χ1v) is 10.3. The summed E-state index contributed by atoms with van der Waals surface area (Å²) < 4.78 is 0. The van der Waals surface area contributed by atoms with Crippen molar-refractivity contribution in [2.75, 3.05) is 12.3 Å². The molecule has 1 aromatic heterocycles. The Bertz CT molecular complexity index is 475. The van der Waals surface area contributed by atoms with Crippen molar-refractivity contribution in [2.24, 2.45) is 5.41 Å². The second-order valence-corrected chi connectivity index (χ2v) is 9.64. The minimum atomic E-state index is 0.378. The molecule has 2 unspecified atom stereocenters. The maximum absolute atomic E-state index is 5.09. The molecule has 1 N–H and O–H groups in total. The normalized spacial score (nSPS) is 28.3. The molecule has 1 fully saturated rings. The zero-order valence-corrected chi connectivity index (χ0v) is 15.2. The fourth-order valence-corrected chi connectivity index (χ4v) is 6.22. The van der Waals surface area contributed by atoms with Crippen LogP contribution in [-0.4, -0.2) is 17.3 Å². The quantitative estimate of drug-likeness (QED) is 0.832. The van der Waals surface area contributed by atoms with E-state index in [2.05, 4.69) is 37.8 Å². The molecule has 0 saturated carbocycles. The van der Waals surface area contributed by atoms with Gasteiger partial charge in [-0.3, -0.25) is 0 Å². The smallest absolute Gasteiger partial charge is 0.106 e. The Labute approximate surface area is 137 Å². The number of aromatic nitrogens is 1. The summed E-state index contributed by atoms with van der Waals surface area (Å²) in [5.74, 6) is 1.32. The second-order valence-electron chi connectivity index (χ2n) is 7.27. The van der Waals surface area contributed by atoms with E-state index < -0.39 is 0 Å². The van der Waals surface area contributed by atoms with Crippen LogP contribution in [0.5, 0.6) is 0 Å². The van der Waals surface area contributed by atoms with Gasteiger partial charge in [0.05, 0.1) is 10.9 Å². The minimum Gasteiger partial charge on any atom is -0.309 e.